The number of aromatic nitrogens is 2. The summed E-state index contributed by atoms with van der Waals surface area (Å²) in [6.45, 7) is 2.67. The second-order valence-corrected chi connectivity index (χ2v) is 5.71. The van der Waals surface area contributed by atoms with Gasteiger partial charge in [0.1, 0.15) is 17.1 Å². The fourth-order valence-electron chi connectivity index (χ4n) is 3.24. The molecule has 20 heavy (non-hydrogen) atoms. The molecule has 108 valence electrons. The Morgan fingerprint density at radius 2 is 2.15 bits per heavy atom. The van der Waals surface area contributed by atoms with Gasteiger partial charge in [-0.2, -0.15) is 0 Å². The minimum Gasteiger partial charge on any atom is -0.492 e. The summed E-state index contributed by atoms with van der Waals surface area (Å²) >= 11 is 5.96. The molecule has 1 aromatic heterocycles. The number of nitrogens with zero attached hydrogens (tertiary/aromatic N) is 2. The fourth-order valence-corrected chi connectivity index (χ4v) is 3.41. The summed E-state index contributed by atoms with van der Waals surface area (Å²) in [6.07, 6.45) is 5.95. The molecule has 0 saturated heterocycles. The van der Waals surface area contributed by atoms with E-state index in [1.54, 1.807) is 0 Å². The third-order valence-electron chi connectivity index (χ3n) is 4.06. The van der Waals surface area contributed by atoms with E-state index in [1.165, 1.54) is 31.2 Å². The summed E-state index contributed by atoms with van der Waals surface area (Å²) in [5.74, 6) is 2.60. The van der Waals surface area contributed by atoms with Crippen LogP contribution >= 0.6 is 11.6 Å². The van der Waals surface area contributed by atoms with E-state index >= 15 is 0 Å². The number of para-hydroxylation sites is 1. The second kappa shape index (κ2) is 6.04. The van der Waals surface area contributed by atoms with Crippen LogP contribution in [0.15, 0.2) is 18.2 Å². The molecule has 0 spiro atoms. The van der Waals surface area contributed by atoms with Crippen molar-refractivity contribution in [2.24, 2.45) is 0 Å². The number of ether oxygens (including phenoxy) is 1. The van der Waals surface area contributed by atoms with E-state index < -0.39 is 0 Å². The number of hydrogen-bond donors (Lipinski definition) is 0. The van der Waals surface area contributed by atoms with Crippen LogP contribution in [-0.2, 0) is 6.42 Å². The Hall–Kier alpha value is -1.22. The molecule has 4 heteroatoms. The summed E-state index contributed by atoms with van der Waals surface area (Å²) in [5.41, 5.74) is 2.18. The lowest BCUT2D eigenvalue weighted by molar-refractivity contribution is 0.343. The first-order chi connectivity index (χ1) is 9.85. The van der Waals surface area contributed by atoms with E-state index in [9.17, 15) is 0 Å². The van der Waals surface area contributed by atoms with Crippen molar-refractivity contribution in [3.05, 3.63) is 24.0 Å². The smallest absolute Gasteiger partial charge is 0.147 e. The Balaban J connectivity index is 2.13. The number of aryl methyl sites for hydroxylation is 1. The largest absolute Gasteiger partial charge is 0.492 e. The van der Waals surface area contributed by atoms with E-state index in [1.807, 2.05) is 13.0 Å². The van der Waals surface area contributed by atoms with Gasteiger partial charge in [-0.05, 0) is 31.9 Å². The average molecular weight is 293 g/mol. The Bertz CT molecular complexity index is 587. The van der Waals surface area contributed by atoms with Crippen LogP contribution in [-0.4, -0.2) is 22.0 Å². The van der Waals surface area contributed by atoms with E-state index in [0.29, 0.717) is 18.5 Å². The van der Waals surface area contributed by atoms with Crippen molar-refractivity contribution in [2.75, 3.05) is 12.5 Å². The molecular weight excluding hydrogens is 272 g/mol. The van der Waals surface area contributed by atoms with Gasteiger partial charge in [-0.3, -0.25) is 0 Å². The molecular formula is C16H21ClN2O. The zero-order valence-corrected chi connectivity index (χ0v) is 12.7. The van der Waals surface area contributed by atoms with Crippen molar-refractivity contribution in [3.63, 3.8) is 0 Å². The van der Waals surface area contributed by atoms with E-state index in [0.717, 1.165) is 23.5 Å². The topological polar surface area (TPSA) is 27.1 Å². The Morgan fingerprint density at radius 3 is 2.85 bits per heavy atom. The van der Waals surface area contributed by atoms with Crippen molar-refractivity contribution in [3.8, 4) is 5.75 Å². The highest BCUT2D eigenvalue weighted by Crippen LogP contribution is 2.36. The van der Waals surface area contributed by atoms with E-state index in [-0.39, 0.29) is 0 Å². The molecule has 2 aromatic rings. The Kier molecular flexibility index (Phi) is 4.16. The maximum absolute atomic E-state index is 5.96. The minimum absolute atomic E-state index is 0.579. The third-order valence-corrected chi connectivity index (χ3v) is 4.25. The van der Waals surface area contributed by atoms with Crippen LogP contribution < -0.4 is 4.74 Å². The fraction of sp³-hybridized carbons (Fsp3) is 0.562. The van der Waals surface area contributed by atoms with E-state index in [2.05, 4.69) is 16.7 Å². The number of imidazole rings is 1. The molecule has 0 atom stereocenters. The standard InChI is InChI=1S/C16H21ClN2O/c1-2-20-14-9-5-8-13-16(14)18-15(10-11-17)19(13)12-6-3-4-7-12/h5,8-9,12H,2-4,6-7,10-11H2,1H3. The van der Waals surface area contributed by atoms with Gasteiger partial charge in [0, 0.05) is 18.3 Å². The summed E-state index contributed by atoms with van der Waals surface area (Å²) in [7, 11) is 0. The zero-order valence-electron chi connectivity index (χ0n) is 11.9. The normalized spacial score (nSPS) is 16.1. The Labute approximate surface area is 124 Å². The van der Waals surface area contributed by atoms with Crippen LogP contribution in [0.3, 0.4) is 0 Å². The minimum atomic E-state index is 0.579. The molecule has 0 aliphatic heterocycles. The molecule has 1 aromatic carbocycles. The van der Waals surface area contributed by atoms with Gasteiger partial charge in [-0.25, -0.2) is 4.98 Å². The first-order valence-electron chi connectivity index (χ1n) is 7.53. The first-order valence-corrected chi connectivity index (χ1v) is 8.07. The summed E-state index contributed by atoms with van der Waals surface area (Å²) in [4.78, 5) is 4.82. The van der Waals surface area contributed by atoms with Crippen LogP contribution in [0.1, 0.15) is 44.5 Å². The number of hydrogen-bond acceptors (Lipinski definition) is 2. The molecule has 1 saturated carbocycles. The lowest BCUT2D eigenvalue weighted by atomic mass is 10.2. The van der Waals surface area contributed by atoms with Crippen LogP contribution in [0, 0.1) is 0 Å². The second-order valence-electron chi connectivity index (χ2n) is 5.33. The number of fused-ring (bicyclic) bond motifs is 1. The highest BCUT2D eigenvalue weighted by Gasteiger charge is 2.23. The number of rotatable bonds is 5. The van der Waals surface area contributed by atoms with Crippen molar-refractivity contribution < 1.29 is 4.74 Å². The van der Waals surface area contributed by atoms with Crippen molar-refractivity contribution in [1.29, 1.82) is 0 Å². The molecule has 3 rings (SSSR count). The summed E-state index contributed by atoms with van der Waals surface area (Å²) in [5, 5.41) is 0. The van der Waals surface area contributed by atoms with Gasteiger partial charge in [0.15, 0.2) is 0 Å². The van der Waals surface area contributed by atoms with Gasteiger partial charge in [0.2, 0.25) is 0 Å². The summed E-state index contributed by atoms with van der Waals surface area (Å²) in [6, 6.07) is 6.80. The predicted molar refractivity (Wildman–Crippen MR) is 82.8 cm³/mol. The van der Waals surface area contributed by atoms with Crippen LogP contribution in [0.4, 0.5) is 0 Å². The van der Waals surface area contributed by atoms with Gasteiger partial charge < -0.3 is 9.30 Å². The molecule has 0 bridgehead atoms. The third kappa shape index (κ3) is 2.39. The lowest BCUT2D eigenvalue weighted by Gasteiger charge is -2.16. The first kappa shape index (κ1) is 13.7. The lowest BCUT2D eigenvalue weighted by Crippen LogP contribution is -2.09. The van der Waals surface area contributed by atoms with Gasteiger partial charge in [-0.15, -0.1) is 11.6 Å². The van der Waals surface area contributed by atoms with Gasteiger partial charge >= 0.3 is 0 Å². The van der Waals surface area contributed by atoms with Crippen molar-refractivity contribution in [2.45, 2.75) is 45.1 Å². The molecule has 0 unspecified atom stereocenters. The maximum Gasteiger partial charge on any atom is 0.147 e. The van der Waals surface area contributed by atoms with Gasteiger partial charge in [-0.1, -0.05) is 18.9 Å². The molecule has 1 aliphatic rings. The SMILES string of the molecule is CCOc1cccc2c1nc(CCCl)n2C1CCCC1. The van der Waals surface area contributed by atoms with Crippen molar-refractivity contribution in [1.82, 2.24) is 9.55 Å². The number of benzene rings is 1. The number of alkyl halides is 1. The monoisotopic (exact) mass is 292 g/mol. The highest BCUT2D eigenvalue weighted by atomic mass is 35.5. The van der Waals surface area contributed by atoms with Gasteiger partial charge in [0.05, 0.1) is 12.1 Å². The molecule has 1 heterocycles. The highest BCUT2D eigenvalue weighted by molar-refractivity contribution is 6.17. The average Bonchev–Trinajstić information content (AvgIpc) is 3.06. The van der Waals surface area contributed by atoms with Crippen molar-refractivity contribution >= 4 is 22.6 Å². The van der Waals surface area contributed by atoms with Gasteiger partial charge in [0.25, 0.3) is 0 Å². The quantitative estimate of drug-likeness (QED) is 0.767. The molecule has 0 N–H and O–H groups in total. The molecule has 3 nitrogen and oxygen atoms in total. The molecule has 1 fully saturated rings. The van der Waals surface area contributed by atoms with Crippen LogP contribution in [0.25, 0.3) is 11.0 Å². The predicted octanol–water partition coefficient (Wildman–Crippen LogP) is 4.33. The molecule has 0 radical (unpaired) electrons. The van der Waals surface area contributed by atoms with E-state index in [4.69, 9.17) is 21.3 Å². The van der Waals surface area contributed by atoms with Crippen LogP contribution in [0.5, 0.6) is 5.75 Å². The molecule has 0 amide bonds. The summed E-state index contributed by atoms with van der Waals surface area (Å²) < 4.78 is 8.13. The number of halogens is 1. The zero-order chi connectivity index (χ0) is 13.9. The van der Waals surface area contributed by atoms with Crippen LogP contribution in [0.2, 0.25) is 0 Å². The Morgan fingerprint density at radius 1 is 1.35 bits per heavy atom. The molecule has 1 aliphatic carbocycles. The maximum atomic E-state index is 5.96.